The highest BCUT2D eigenvalue weighted by atomic mass is 32.2. The van der Waals surface area contributed by atoms with Gasteiger partial charge in [0.2, 0.25) is 10.0 Å². The number of esters is 1. The van der Waals surface area contributed by atoms with Crippen LogP contribution in [0.2, 0.25) is 0 Å². The third-order valence-electron chi connectivity index (χ3n) is 5.91. The van der Waals surface area contributed by atoms with E-state index in [1.165, 1.54) is 35.6 Å². The zero-order valence-corrected chi connectivity index (χ0v) is 20.6. The maximum atomic E-state index is 13.5. The molecule has 1 amide bonds. The fourth-order valence-electron chi connectivity index (χ4n) is 4.00. The number of amides is 1. The van der Waals surface area contributed by atoms with Crippen LogP contribution in [0.1, 0.15) is 48.0 Å². The Morgan fingerprint density at radius 3 is 2.26 bits per heavy atom. The van der Waals surface area contributed by atoms with Crippen LogP contribution in [-0.2, 0) is 26.1 Å². The van der Waals surface area contributed by atoms with Gasteiger partial charge in [-0.2, -0.15) is 4.31 Å². The Morgan fingerprint density at radius 2 is 1.65 bits per heavy atom. The summed E-state index contributed by atoms with van der Waals surface area (Å²) in [4.78, 5) is 26.7. The van der Waals surface area contributed by atoms with E-state index in [1.54, 1.807) is 6.07 Å². The highest BCUT2D eigenvalue weighted by molar-refractivity contribution is 7.89. The average Bonchev–Trinajstić information content (AvgIpc) is 3.16. The number of methoxy groups -OCH3 is 2. The Balaban J connectivity index is 1.93. The second-order valence-corrected chi connectivity index (χ2v) is 10.1. The Morgan fingerprint density at radius 1 is 0.971 bits per heavy atom. The largest absolute Gasteiger partial charge is 0.495 e. The van der Waals surface area contributed by atoms with Crippen molar-refractivity contribution in [3.05, 3.63) is 59.7 Å². The van der Waals surface area contributed by atoms with E-state index >= 15 is 0 Å². The lowest BCUT2D eigenvalue weighted by molar-refractivity contribution is -0.140. The Kier molecular flexibility index (Phi) is 9.06. The number of rotatable bonds is 9. The monoisotopic (exact) mass is 488 g/mol. The molecule has 1 aliphatic heterocycles. The van der Waals surface area contributed by atoms with Gasteiger partial charge < -0.3 is 14.4 Å². The van der Waals surface area contributed by atoms with Crippen molar-refractivity contribution in [2.75, 3.05) is 33.9 Å². The molecule has 1 aliphatic rings. The van der Waals surface area contributed by atoms with Crippen LogP contribution < -0.4 is 4.74 Å². The van der Waals surface area contributed by atoms with Crippen LogP contribution >= 0.6 is 0 Å². The summed E-state index contributed by atoms with van der Waals surface area (Å²) in [7, 11) is -1.12. The van der Waals surface area contributed by atoms with Crippen molar-refractivity contribution in [2.24, 2.45) is 0 Å². The van der Waals surface area contributed by atoms with E-state index in [2.05, 4.69) is 0 Å². The van der Waals surface area contributed by atoms with Gasteiger partial charge in [0, 0.05) is 31.7 Å². The lowest BCUT2D eigenvalue weighted by Gasteiger charge is -2.24. The number of benzene rings is 2. The van der Waals surface area contributed by atoms with Gasteiger partial charge in [0.05, 0.1) is 20.6 Å². The molecule has 34 heavy (non-hydrogen) atoms. The summed E-state index contributed by atoms with van der Waals surface area (Å²) in [5, 5.41) is 0. The van der Waals surface area contributed by atoms with Crippen LogP contribution in [0.5, 0.6) is 5.75 Å². The molecule has 0 bridgehead atoms. The van der Waals surface area contributed by atoms with Crippen LogP contribution in [0.15, 0.2) is 53.4 Å². The quantitative estimate of drug-likeness (QED) is 0.502. The van der Waals surface area contributed by atoms with E-state index in [9.17, 15) is 18.0 Å². The predicted molar refractivity (Wildman–Crippen MR) is 128 cm³/mol. The minimum atomic E-state index is -3.83. The van der Waals surface area contributed by atoms with Crippen LogP contribution in [0, 0.1) is 0 Å². The molecule has 0 aromatic heterocycles. The van der Waals surface area contributed by atoms with E-state index < -0.39 is 16.0 Å². The molecule has 0 N–H and O–H groups in total. The van der Waals surface area contributed by atoms with Gasteiger partial charge in [0.1, 0.15) is 10.6 Å². The molecule has 9 heteroatoms. The topological polar surface area (TPSA) is 93.2 Å². The molecular weight excluding hydrogens is 456 g/mol. The van der Waals surface area contributed by atoms with Gasteiger partial charge in [-0.25, -0.2) is 8.42 Å². The zero-order chi connectivity index (χ0) is 24.6. The molecule has 1 fully saturated rings. The lowest BCUT2D eigenvalue weighted by Crippen LogP contribution is -2.34. The van der Waals surface area contributed by atoms with Gasteiger partial charge in [-0.15, -0.1) is 0 Å². The summed E-state index contributed by atoms with van der Waals surface area (Å²) in [6.07, 6.45) is 3.63. The first kappa shape index (κ1) is 25.7. The molecule has 0 unspecified atom stereocenters. The van der Waals surface area contributed by atoms with Crippen LogP contribution in [0.3, 0.4) is 0 Å². The summed E-state index contributed by atoms with van der Waals surface area (Å²) in [5.74, 6) is -0.599. The molecule has 0 radical (unpaired) electrons. The number of hydrogen-bond acceptors (Lipinski definition) is 6. The van der Waals surface area contributed by atoms with Gasteiger partial charge in [-0.3, -0.25) is 9.59 Å². The lowest BCUT2D eigenvalue weighted by atomic mass is 10.1. The molecule has 3 rings (SSSR count). The Hall–Kier alpha value is -2.91. The maximum absolute atomic E-state index is 13.5. The van der Waals surface area contributed by atoms with Gasteiger partial charge in [-0.05, 0) is 36.6 Å². The smallest absolute Gasteiger partial charge is 0.307 e. The Bertz CT molecular complexity index is 1080. The number of nitrogens with zero attached hydrogens (tertiary/aromatic N) is 2. The van der Waals surface area contributed by atoms with Gasteiger partial charge in [0.25, 0.3) is 5.91 Å². The van der Waals surface area contributed by atoms with Crippen molar-refractivity contribution >= 4 is 21.9 Å². The normalized spacial score (nSPS) is 14.8. The van der Waals surface area contributed by atoms with Crippen molar-refractivity contribution in [3.63, 3.8) is 0 Å². The maximum Gasteiger partial charge on any atom is 0.307 e. The summed E-state index contributed by atoms with van der Waals surface area (Å²) in [5.41, 5.74) is 1.11. The van der Waals surface area contributed by atoms with Crippen molar-refractivity contribution in [3.8, 4) is 5.75 Å². The van der Waals surface area contributed by atoms with E-state index in [-0.39, 0.29) is 41.6 Å². The fourth-order valence-corrected chi connectivity index (χ4v) is 5.70. The highest BCUT2D eigenvalue weighted by Crippen LogP contribution is 2.30. The third-order valence-corrected chi connectivity index (χ3v) is 7.83. The SMILES string of the molecule is COC(=O)CCN(Cc1ccccc1)C(=O)c1ccc(OC)c(S(=O)(=O)N2CCCCCC2)c1. The van der Waals surface area contributed by atoms with Crippen LogP contribution in [-0.4, -0.2) is 63.4 Å². The summed E-state index contributed by atoms with van der Waals surface area (Å²) >= 11 is 0. The summed E-state index contributed by atoms with van der Waals surface area (Å²) < 4.78 is 38.5. The second-order valence-electron chi connectivity index (χ2n) is 8.22. The van der Waals surface area contributed by atoms with Crippen LogP contribution in [0.25, 0.3) is 0 Å². The van der Waals surface area contributed by atoms with Gasteiger partial charge >= 0.3 is 5.97 Å². The standard InChI is InChI=1S/C25H32N2O6S/c1-32-22-13-12-21(18-23(22)34(30,31)27-15-8-3-4-9-16-27)25(29)26(17-14-24(28)33-2)19-20-10-6-5-7-11-20/h5-7,10-13,18H,3-4,8-9,14-17,19H2,1-2H3. The Labute approximate surface area is 201 Å². The number of carbonyl (C=O) groups is 2. The van der Waals surface area contributed by atoms with Gasteiger partial charge in [-0.1, -0.05) is 43.2 Å². The minimum Gasteiger partial charge on any atom is -0.495 e. The number of sulfonamides is 1. The van der Waals surface area contributed by atoms with Crippen molar-refractivity contribution < 1.29 is 27.5 Å². The summed E-state index contributed by atoms with van der Waals surface area (Å²) in [6.45, 7) is 1.31. The predicted octanol–water partition coefficient (Wildman–Crippen LogP) is 3.47. The first-order valence-electron chi connectivity index (χ1n) is 11.4. The zero-order valence-electron chi connectivity index (χ0n) is 19.7. The fraction of sp³-hybridized carbons (Fsp3) is 0.440. The van der Waals surface area contributed by atoms with E-state index in [1.807, 2.05) is 30.3 Å². The van der Waals surface area contributed by atoms with Crippen molar-refractivity contribution in [1.82, 2.24) is 9.21 Å². The highest BCUT2D eigenvalue weighted by Gasteiger charge is 2.30. The molecule has 2 aromatic rings. The second kappa shape index (κ2) is 12.0. The van der Waals surface area contributed by atoms with Crippen molar-refractivity contribution in [2.45, 2.75) is 43.5 Å². The van der Waals surface area contributed by atoms with Gasteiger partial charge in [0.15, 0.2) is 0 Å². The molecule has 1 heterocycles. The molecule has 8 nitrogen and oxygen atoms in total. The molecule has 184 valence electrons. The van der Waals surface area contributed by atoms with E-state index in [0.29, 0.717) is 13.1 Å². The average molecular weight is 489 g/mol. The van der Waals surface area contributed by atoms with E-state index in [0.717, 1.165) is 31.2 Å². The number of hydrogen-bond donors (Lipinski definition) is 0. The molecular formula is C25H32N2O6S. The first-order valence-corrected chi connectivity index (χ1v) is 12.9. The minimum absolute atomic E-state index is 0.0182. The van der Waals surface area contributed by atoms with E-state index in [4.69, 9.17) is 9.47 Å². The van der Waals surface area contributed by atoms with Crippen LogP contribution in [0.4, 0.5) is 0 Å². The third kappa shape index (κ3) is 6.36. The number of carbonyl (C=O) groups excluding carboxylic acids is 2. The molecule has 2 aromatic carbocycles. The molecule has 0 atom stereocenters. The first-order chi connectivity index (χ1) is 16.4. The summed E-state index contributed by atoms with van der Waals surface area (Å²) in [6, 6.07) is 13.9. The van der Waals surface area contributed by atoms with Crippen molar-refractivity contribution in [1.29, 1.82) is 0 Å². The molecule has 0 aliphatic carbocycles. The molecule has 0 saturated carbocycles. The molecule has 0 spiro atoms. The number of ether oxygens (including phenoxy) is 2. The molecule has 1 saturated heterocycles.